The molecule has 0 saturated carbocycles. The zero-order chi connectivity index (χ0) is 13.0. The van der Waals surface area contributed by atoms with Crippen LogP contribution in [-0.4, -0.2) is 36.6 Å². The summed E-state index contributed by atoms with van der Waals surface area (Å²) in [5, 5.41) is 4.33. The van der Waals surface area contributed by atoms with Crippen LogP contribution < -0.4 is 5.32 Å². The van der Waals surface area contributed by atoms with E-state index in [2.05, 4.69) is 22.1 Å². The predicted octanol–water partition coefficient (Wildman–Crippen LogP) is 3.79. The molecule has 3 nitrogen and oxygen atoms in total. The largest absolute Gasteiger partial charge is 0.366 e. The number of aromatic nitrogens is 1. The van der Waals surface area contributed by atoms with E-state index in [0.717, 1.165) is 13.0 Å². The molecule has 96 valence electrons. The van der Waals surface area contributed by atoms with E-state index in [1.165, 1.54) is 0 Å². The van der Waals surface area contributed by atoms with Crippen molar-refractivity contribution in [3.63, 3.8) is 0 Å². The fraction of sp³-hybridized carbons (Fsp3) is 0.545. The van der Waals surface area contributed by atoms with Crippen molar-refractivity contribution in [1.82, 2.24) is 9.88 Å². The molecule has 6 heteroatoms. The first-order valence-electron chi connectivity index (χ1n) is 5.33. The summed E-state index contributed by atoms with van der Waals surface area (Å²) in [6.07, 6.45) is 0.991. The lowest BCUT2D eigenvalue weighted by molar-refractivity contribution is 0.390. The highest BCUT2D eigenvalue weighted by molar-refractivity contribution is 6.42. The molecule has 0 fully saturated rings. The molecule has 0 radical (unpaired) electrons. The van der Waals surface area contributed by atoms with Gasteiger partial charge in [-0.2, -0.15) is 0 Å². The average Bonchev–Trinajstić information content (AvgIpc) is 2.23. The van der Waals surface area contributed by atoms with E-state index in [1.54, 1.807) is 6.07 Å². The van der Waals surface area contributed by atoms with Gasteiger partial charge >= 0.3 is 0 Å². The minimum Gasteiger partial charge on any atom is -0.366 e. The number of halogens is 3. The Morgan fingerprint density at radius 1 is 1.29 bits per heavy atom. The van der Waals surface area contributed by atoms with Gasteiger partial charge in [-0.1, -0.05) is 34.8 Å². The molecule has 1 unspecified atom stereocenters. The molecule has 1 atom stereocenters. The molecule has 17 heavy (non-hydrogen) atoms. The molecule has 1 rings (SSSR count). The first-order valence-corrected chi connectivity index (χ1v) is 6.46. The molecule has 1 aromatic heterocycles. The number of nitrogens with one attached hydrogen (secondary N) is 1. The number of nitrogens with zero attached hydrogens (tertiary/aromatic N) is 2. The molecule has 0 aliphatic heterocycles. The van der Waals surface area contributed by atoms with E-state index in [9.17, 15) is 0 Å². The molecule has 1 heterocycles. The maximum absolute atomic E-state index is 6.03. The maximum Gasteiger partial charge on any atom is 0.150 e. The molecule has 0 amide bonds. The van der Waals surface area contributed by atoms with Gasteiger partial charge in [0.2, 0.25) is 0 Å². The van der Waals surface area contributed by atoms with Crippen molar-refractivity contribution < 1.29 is 0 Å². The van der Waals surface area contributed by atoms with Gasteiger partial charge in [-0.25, -0.2) is 4.98 Å². The molecular formula is C11H16Cl3N3. The Kier molecular flexibility index (Phi) is 5.80. The lowest BCUT2D eigenvalue weighted by Crippen LogP contribution is -2.23. The molecule has 0 aliphatic rings. The van der Waals surface area contributed by atoms with E-state index >= 15 is 0 Å². The van der Waals surface area contributed by atoms with Crippen molar-refractivity contribution in [2.75, 3.05) is 26.0 Å². The smallest absolute Gasteiger partial charge is 0.150 e. The highest BCUT2D eigenvalue weighted by atomic mass is 35.5. The second-order valence-electron chi connectivity index (χ2n) is 4.23. The summed E-state index contributed by atoms with van der Waals surface area (Å²) in [5.41, 5.74) is 0. The third-order valence-corrected chi connectivity index (χ3v) is 3.24. The van der Waals surface area contributed by atoms with Crippen molar-refractivity contribution in [2.45, 2.75) is 19.4 Å². The van der Waals surface area contributed by atoms with Crippen molar-refractivity contribution in [3.8, 4) is 0 Å². The Labute approximate surface area is 117 Å². The minimum atomic E-state index is 0.262. The molecule has 0 aliphatic carbocycles. The quantitative estimate of drug-likeness (QED) is 0.838. The van der Waals surface area contributed by atoms with Crippen LogP contribution in [0.15, 0.2) is 6.07 Å². The Bertz CT molecular complexity index is 382. The normalized spacial score (nSPS) is 12.9. The molecule has 0 aromatic carbocycles. The van der Waals surface area contributed by atoms with Crippen LogP contribution in [0, 0.1) is 0 Å². The van der Waals surface area contributed by atoms with Crippen LogP contribution in [0.3, 0.4) is 0 Å². The zero-order valence-corrected chi connectivity index (χ0v) is 12.4. The van der Waals surface area contributed by atoms with Crippen LogP contribution in [0.5, 0.6) is 0 Å². The van der Waals surface area contributed by atoms with Crippen LogP contribution in [0.4, 0.5) is 5.82 Å². The van der Waals surface area contributed by atoms with Gasteiger partial charge in [0.05, 0.1) is 10.0 Å². The molecule has 0 bridgehead atoms. The first-order chi connectivity index (χ1) is 7.90. The second kappa shape index (κ2) is 6.64. The summed E-state index contributed by atoms with van der Waals surface area (Å²) in [4.78, 5) is 6.24. The van der Waals surface area contributed by atoms with E-state index in [1.807, 2.05) is 14.1 Å². The standard InChI is InChI=1S/C11H16Cl3N3/c1-7(4-5-17(2)3)15-11-9(13)6-8(12)10(14)16-11/h6-7H,4-5H2,1-3H3,(H,15,16). The predicted molar refractivity (Wildman–Crippen MR) is 75.5 cm³/mol. The minimum absolute atomic E-state index is 0.262. The third kappa shape index (κ3) is 4.88. The number of rotatable bonds is 5. The van der Waals surface area contributed by atoms with Gasteiger partial charge < -0.3 is 10.2 Å². The van der Waals surface area contributed by atoms with Gasteiger partial charge in [-0.15, -0.1) is 0 Å². The molecule has 0 saturated heterocycles. The fourth-order valence-electron chi connectivity index (χ4n) is 1.30. The summed E-state index contributed by atoms with van der Waals surface area (Å²) in [5.74, 6) is 0.576. The number of hydrogen-bond donors (Lipinski definition) is 1. The summed E-state index contributed by atoms with van der Waals surface area (Å²) in [6.45, 7) is 3.07. The summed E-state index contributed by atoms with van der Waals surface area (Å²) in [7, 11) is 4.08. The summed E-state index contributed by atoms with van der Waals surface area (Å²) < 4.78 is 0. The summed E-state index contributed by atoms with van der Waals surface area (Å²) in [6, 6.07) is 1.86. The van der Waals surface area contributed by atoms with Crippen LogP contribution in [-0.2, 0) is 0 Å². The van der Waals surface area contributed by atoms with E-state index < -0.39 is 0 Å². The van der Waals surface area contributed by atoms with Crippen LogP contribution in [0.25, 0.3) is 0 Å². The van der Waals surface area contributed by atoms with E-state index in [0.29, 0.717) is 15.9 Å². The Morgan fingerprint density at radius 3 is 2.53 bits per heavy atom. The Hall–Kier alpha value is -0.220. The van der Waals surface area contributed by atoms with Gasteiger partial charge in [0.1, 0.15) is 11.0 Å². The van der Waals surface area contributed by atoms with E-state index in [-0.39, 0.29) is 11.2 Å². The van der Waals surface area contributed by atoms with Gasteiger partial charge in [0.25, 0.3) is 0 Å². The highest BCUT2D eigenvalue weighted by Gasteiger charge is 2.10. The van der Waals surface area contributed by atoms with Gasteiger partial charge in [-0.3, -0.25) is 0 Å². The molecular weight excluding hydrogens is 281 g/mol. The fourth-order valence-corrected chi connectivity index (χ4v) is 1.85. The monoisotopic (exact) mass is 295 g/mol. The van der Waals surface area contributed by atoms with E-state index in [4.69, 9.17) is 34.8 Å². The van der Waals surface area contributed by atoms with Crippen molar-refractivity contribution in [3.05, 3.63) is 21.3 Å². The zero-order valence-electron chi connectivity index (χ0n) is 10.1. The Balaban J connectivity index is 2.65. The number of hydrogen-bond acceptors (Lipinski definition) is 3. The molecule has 0 spiro atoms. The van der Waals surface area contributed by atoms with Crippen LogP contribution in [0.2, 0.25) is 15.2 Å². The SMILES string of the molecule is CC(CCN(C)C)Nc1nc(Cl)c(Cl)cc1Cl. The van der Waals surface area contributed by atoms with Gasteiger partial charge in [-0.05, 0) is 40.1 Å². The Morgan fingerprint density at radius 2 is 1.94 bits per heavy atom. The van der Waals surface area contributed by atoms with Crippen molar-refractivity contribution >= 4 is 40.6 Å². The lowest BCUT2D eigenvalue weighted by Gasteiger charge is -2.18. The lowest BCUT2D eigenvalue weighted by atomic mass is 10.2. The average molecular weight is 297 g/mol. The summed E-state index contributed by atoms with van der Waals surface area (Å²) >= 11 is 17.7. The van der Waals surface area contributed by atoms with Crippen molar-refractivity contribution in [1.29, 1.82) is 0 Å². The van der Waals surface area contributed by atoms with Gasteiger partial charge in [0.15, 0.2) is 0 Å². The van der Waals surface area contributed by atoms with Crippen LogP contribution >= 0.6 is 34.8 Å². The number of anilines is 1. The molecule has 1 N–H and O–H groups in total. The maximum atomic E-state index is 6.03. The van der Waals surface area contributed by atoms with Crippen molar-refractivity contribution in [2.24, 2.45) is 0 Å². The third-order valence-electron chi connectivity index (χ3n) is 2.28. The van der Waals surface area contributed by atoms with Crippen LogP contribution in [0.1, 0.15) is 13.3 Å². The topological polar surface area (TPSA) is 28.2 Å². The second-order valence-corrected chi connectivity index (χ2v) is 5.40. The number of pyridine rings is 1. The molecule has 1 aromatic rings. The first kappa shape index (κ1) is 14.8. The van der Waals surface area contributed by atoms with Gasteiger partial charge in [0, 0.05) is 6.04 Å². The highest BCUT2D eigenvalue weighted by Crippen LogP contribution is 2.29.